The molecule has 0 heteroatoms. The maximum atomic E-state index is 2.30. The summed E-state index contributed by atoms with van der Waals surface area (Å²) in [5.41, 5.74) is 0. The maximum Gasteiger partial charge on any atom is -0.0348 e. The molecule has 25 heavy (non-hydrogen) atoms. The molecule has 0 aliphatic heterocycles. The van der Waals surface area contributed by atoms with Gasteiger partial charge in [0.1, 0.15) is 0 Å². The molecule has 0 fully saturated rings. The molecule has 1 rings (SSSR count). The van der Waals surface area contributed by atoms with Crippen molar-refractivity contribution in [3.8, 4) is 0 Å². The number of allylic oxidation sites excluding steroid dienone is 10. The lowest BCUT2D eigenvalue weighted by atomic mass is 10.0. The van der Waals surface area contributed by atoms with E-state index in [-0.39, 0.29) is 0 Å². The Hall–Kier alpha value is -1.30. The zero-order chi connectivity index (χ0) is 17.7. The predicted molar refractivity (Wildman–Crippen MR) is 115 cm³/mol. The minimum absolute atomic E-state index is 1.22. The van der Waals surface area contributed by atoms with Crippen LogP contribution in [-0.4, -0.2) is 0 Å². The lowest BCUT2D eigenvalue weighted by Gasteiger charge is -2.03. The Bertz CT molecular complexity index is 368. The van der Waals surface area contributed by atoms with Crippen molar-refractivity contribution in [1.82, 2.24) is 0 Å². The van der Waals surface area contributed by atoms with E-state index in [4.69, 9.17) is 0 Å². The Labute approximate surface area is 157 Å². The monoisotopic (exact) mass is 340 g/mol. The molecule has 0 atom stereocenters. The van der Waals surface area contributed by atoms with Crippen molar-refractivity contribution in [3.63, 3.8) is 0 Å². The minimum atomic E-state index is 1.22. The van der Waals surface area contributed by atoms with E-state index in [1.807, 2.05) is 0 Å². The van der Waals surface area contributed by atoms with Gasteiger partial charge >= 0.3 is 0 Å². The summed E-state index contributed by atoms with van der Waals surface area (Å²) in [6.07, 6.45) is 42.5. The van der Waals surface area contributed by atoms with E-state index in [1.54, 1.807) is 0 Å². The van der Waals surface area contributed by atoms with Crippen LogP contribution in [0.15, 0.2) is 60.8 Å². The van der Waals surface area contributed by atoms with E-state index in [0.717, 1.165) is 0 Å². The summed E-state index contributed by atoms with van der Waals surface area (Å²) in [5.74, 6) is 0. The van der Waals surface area contributed by atoms with Crippen molar-refractivity contribution < 1.29 is 0 Å². The minimum Gasteiger partial charge on any atom is -0.0845 e. The molecule has 0 bridgehead atoms. The first kappa shape index (κ1) is 21.7. The van der Waals surface area contributed by atoms with Crippen LogP contribution >= 0.6 is 0 Å². The Morgan fingerprint density at radius 1 is 0.240 bits per heavy atom. The third-order valence-corrected chi connectivity index (χ3v) is 4.79. The van der Waals surface area contributed by atoms with E-state index < -0.39 is 0 Å². The van der Waals surface area contributed by atoms with Crippen LogP contribution in [0.2, 0.25) is 0 Å². The third-order valence-electron chi connectivity index (χ3n) is 4.79. The molecule has 0 heterocycles. The average Bonchev–Trinajstić information content (AvgIpc) is 2.62. The number of hydrogen-bond donors (Lipinski definition) is 0. The maximum absolute atomic E-state index is 2.30. The molecular weight excluding hydrogens is 300 g/mol. The fourth-order valence-corrected chi connectivity index (χ4v) is 3.20. The van der Waals surface area contributed by atoms with E-state index in [1.165, 1.54) is 96.3 Å². The molecule has 0 aromatic carbocycles. The molecule has 0 saturated carbocycles. The van der Waals surface area contributed by atoms with Gasteiger partial charge in [0, 0.05) is 0 Å². The SMILES string of the molecule is C1=CC=CC=CCCCCCCCCCCCCCCCC=CC=C1. The van der Waals surface area contributed by atoms with Gasteiger partial charge in [-0.1, -0.05) is 131 Å². The van der Waals surface area contributed by atoms with Crippen molar-refractivity contribution in [3.05, 3.63) is 60.8 Å². The van der Waals surface area contributed by atoms with E-state index >= 15 is 0 Å². The molecule has 140 valence electrons. The third kappa shape index (κ3) is 17.3. The van der Waals surface area contributed by atoms with Gasteiger partial charge in [-0.05, 0) is 25.7 Å². The Morgan fingerprint density at radius 2 is 0.480 bits per heavy atom. The van der Waals surface area contributed by atoms with Gasteiger partial charge in [-0.25, -0.2) is 0 Å². The molecule has 1 aliphatic rings. The fourth-order valence-electron chi connectivity index (χ4n) is 3.20. The van der Waals surface area contributed by atoms with E-state index in [2.05, 4.69) is 60.8 Å². The molecule has 0 amide bonds. The summed E-state index contributed by atoms with van der Waals surface area (Å²) >= 11 is 0. The first-order valence-electron chi connectivity index (χ1n) is 10.8. The molecule has 0 aromatic heterocycles. The highest BCUT2D eigenvalue weighted by Crippen LogP contribution is 2.13. The van der Waals surface area contributed by atoms with Crippen LogP contribution in [0, 0.1) is 0 Å². The first-order valence-corrected chi connectivity index (χ1v) is 10.8. The topological polar surface area (TPSA) is 0 Å². The van der Waals surface area contributed by atoms with Crippen LogP contribution < -0.4 is 0 Å². The highest BCUT2D eigenvalue weighted by atomic mass is 14.0. The van der Waals surface area contributed by atoms with Gasteiger partial charge in [0.05, 0.1) is 0 Å². The first-order chi connectivity index (χ1) is 12.5. The molecule has 0 N–H and O–H groups in total. The van der Waals surface area contributed by atoms with Crippen molar-refractivity contribution >= 4 is 0 Å². The summed E-state index contributed by atoms with van der Waals surface area (Å²) < 4.78 is 0. The van der Waals surface area contributed by atoms with Crippen LogP contribution in [-0.2, 0) is 0 Å². The Morgan fingerprint density at radius 3 is 0.800 bits per heavy atom. The summed E-state index contributed by atoms with van der Waals surface area (Å²) in [5, 5.41) is 0. The normalized spacial score (nSPS) is 20.8. The highest BCUT2D eigenvalue weighted by molar-refractivity contribution is 5.17. The molecule has 0 aromatic rings. The van der Waals surface area contributed by atoms with Gasteiger partial charge in [0.15, 0.2) is 0 Å². The van der Waals surface area contributed by atoms with Crippen LogP contribution in [0.1, 0.15) is 96.3 Å². The molecule has 1 aliphatic carbocycles. The van der Waals surface area contributed by atoms with Gasteiger partial charge in [-0.2, -0.15) is 0 Å². The lowest BCUT2D eigenvalue weighted by Crippen LogP contribution is -1.83. The highest BCUT2D eigenvalue weighted by Gasteiger charge is 1.93. The fraction of sp³-hybridized carbons (Fsp3) is 0.600. The van der Waals surface area contributed by atoms with Crippen LogP contribution in [0.25, 0.3) is 0 Å². The van der Waals surface area contributed by atoms with Crippen LogP contribution in [0.5, 0.6) is 0 Å². The lowest BCUT2D eigenvalue weighted by molar-refractivity contribution is 0.538. The second-order valence-electron chi connectivity index (χ2n) is 7.18. The molecule has 0 saturated heterocycles. The second kappa shape index (κ2) is 19.0. The van der Waals surface area contributed by atoms with E-state index in [9.17, 15) is 0 Å². The van der Waals surface area contributed by atoms with Gasteiger partial charge in [-0.15, -0.1) is 0 Å². The largest absolute Gasteiger partial charge is 0.0845 e. The quantitative estimate of drug-likeness (QED) is 0.414. The van der Waals surface area contributed by atoms with Crippen molar-refractivity contribution in [1.29, 1.82) is 0 Å². The summed E-state index contributed by atoms with van der Waals surface area (Å²) in [4.78, 5) is 0. The van der Waals surface area contributed by atoms with Gasteiger partial charge in [-0.3, -0.25) is 0 Å². The molecular formula is C25H40. The second-order valence-corrected chi connectivity index (χ2v) is 7.18. The predicted octanol–water partition coefficient (Wildman–Crippen LogP) is 8.63. The van der Waals surface area contributed by atoms with Crippen molar-refractivity contribution in [2.75, 3.05) is 0 Å². The van der Waals surface area contributed by atoms with Crippen LogP contribution in [0.4, 0.5) is 0 Å². The van der Waals surface area contributed by atoms with Gasteiger partial charge in [0.2, 0.25) is 0 Å². The van der Waals surface area contributed by atoms with Gasteiger partial charge < -0.3 is 0 Å². The van der Waals surface area contributed by atoms with E-state index in [0.29, 0.717) is 0 Å². The summed E-state index contributed by atoms with van der Waals surface area (Å²) in [6, 6.07) is 0. The summed E-state index contributed by atoms with van der Waals surface area (Å²) in [7, 11) is 0. The molecule has 0 radical (unpaired) electrons. The molecule has 0 unspecified atom stereocenters. The Balaban J connectivity index is 2.24. The van der Waals surface area contributed by atoms with Gasteiger partial charge in [0.25, 0.3) is 0 Å². The van der Waals surface area contributed by atoms with Crippen molar-refractivity contribution in [2.45, 2.75) is 96.3 Å². The zero-order valence-electron chi connectivity index (χ0n) is 16.4. The number of hydrogen-bond acceptors (Lipinski definition) is 0. The molecule has 0 nitrogen and oxygen atoms in total. The van der Waals surface area contributed by atoms with Crippen molar-refractivity contribution in [2.24, 2.45) is 0 Å². The standard InChI is InChI=1S/C25H40/c1-2-4-6-8-10-12-14-16-18-20-22-24-25-23-21-19-17-15-13-11-9-7-5-3-1/h1-10H,11-25H2. The summed E-state index contributed by atoms with van der Waals surface area (Å²) in [6.45, 7) is 0. The zero-order valence-corrected chi connectivity index (χ0v) is 16.4. The average molecular weight is 341 g/mol. The van der Waals surface area contributed by atoms with Crippen LogP contribution in [0.3, 0.4) is 0 Å². The Kier molecular flexibility index (Phi) is 16.6. The molecule has 0 spiro atoms. The number of rotatable bonds is 0. The smallest absolute Gasteiger partial charge is 0.0348 e.